The summed E-state index contributed by atoms with van der Waals surface area (Å²) in [6.45, 7) is 1.22. The fourth-order valence-electron chi connectivity index (χ4n) is 3.05. The number of carbonyl (C=O) groups is 1. The summed E-state index contributed by atoms with van der Waals surface area (Å²) < 4.78 is 23.6. The van der Waals surface area contributed by atoms with Crippen molar-refractivity contribution in [3.8, 4) is 11.1 Å². The van der Waals surface area contributed by atoms with Crippen LogP contribution < -0.4 is 11.0 Å². The average molecular weight is 415 g/mol. The minimum Gasteiger partial charge on any atom is -0.315 e. The molecule has 0 aliphatic heterocycles. The molecule has 152 valence electrons. The van der Waals surface area contributed by atoms with Crippen LogP contribution in [0.5, 0.6) is 0 Å². The minimum absolute atomic E-state index is 0.00224. The molecule has 2 aromatic heterocycles. The van der Waals surface area contributed by atoms with E-state index in [9.17, 15) is 18.0 Å². The Kier molecular flexibility index (Phi) is 5.54. The Balaban J connectivity index is 1.87. The first-order valence-electron chi connectivity index (χ1n) is 8.85. The van der Waals surface area contributed by atoms with Gasteiger partial charge in [0.05, 0.1) is 5.52 Å². The Bertz CT molecular complexity index is 1240. The number of aryl methyl sites for hydroxylation is 1. The van der Waals surface area contributed by atoms with Gasteiger partial charge in [-0.1, -0.05) is 12.1 Å². The van der Waals surface area contributed by atoms with Crippen molar-refractivity contribution < 1.29 is 18.4 Å². The van der Waals surface area contributed by atoms with Crippen molar-refractivity contribution in [2.45, 2.75) is 24.6 Å². The smallest absolute Gasteiger partial charge is 0.264 e. The summed E-state index contributed by atoms with van der Waals surface area (Å²) >= 11 is 0. The van der Waals surface area contributed by atoms with E-state index < -0.39 is 20.5 Å². The third-order valence-corrected chi connectivity index (χ3v) is 7.19. The van der Waals surface area contributed by atoms with E-state index in [0.717, 1.165) is 28.3 Å². The van der Waals surface area contributed by atoms with Gasteiger partial charge in [0, 0.05) is 36.6 Å². The van der Waals surface area contributed by atoms with Gasteiger partial charge in [-0.3, -0.25) is 19.8 Å². The van der Waals surface area contributed by atoms with Crippen LogP contribution in [0.2, 0.25) is 0 Å². The molecule has 1 unspecified atom stereocenters. The van der Waals surface area contributed by atoms with Crippen LogP contribution in [0, 0.1) is 0 Å². The highest BCUT2D eigenvalue weighted by molar-refractivity contribution is 7.92. The third kappa shape index (κ3) is 4.06. The first-order chi connectivity index (χ1) is 13.7. The number of aromatic nitrogens is 2. The molecular weight excluding hydrogens is 394 g/mol. The molecule has 0 aliphatic rings. The number of hydroxylamine groups is 1. The number of hydrogen-bond donors (Lipinski definition) is 2. The van der Waals surface area contributed by atoms with Crippen LogP contribution in [0.1, 0.15) is 13.3 Å². The fourth-order valence-corrected chi connectivity index (χ4v) is 3.89. The van der Waals surface area contributed by atoms with Crippen LogP contribution in [0.25, 0.3) is 22.0 Å². The summed E-state index contributed by atoms with van der Waals surface area (Å²) in [7, 11) is -3.82. The number of carbonyl (C=O) groups excluding carboxylic acids is 1. The number of amides is 1. The van der Waals surface area contributed by atoms with Crippen molar-refractivity contribution in [2.75, 3.05) is 6.26 Å². The Labute approximate surface area is 167 Å². The highest BCUT2D eigenvalue weighted by Crippen LogP contribution is 2.24. The van der Waals surface area contributed by atoms with Crippen LogP contribution in [0.3, 0.4) is 0 Å². The van der Waals surface area contributed by atoms with Crippen molar-refractivity contribution >= 4 is 26.6 Å². The second-order valence-corrected chi connectivity index (χ2v) is 9.50. The van der Waals surface area contributed by atoms with Crippen LogP contribution in [-0.4, -0.2) is 40.1 Å². The largest absolute Gasteiger partial charge is 0.315 e. The number of pyridine rings is 2. The lowest BCUT2D eigenvalue weighted by Gasteiger charge is -2.25. The zero-order valence-electron chi connectivity index (χ0n) is 16.0. The number of sulfone groups is 1. The zero-order chi connectivity index (χ0) is 21.2. The van der Waals surface area contributed by atoms with Gasteiger partial charge in [0.25, 0.3) is 11.5 Å². The number of fused-ring (bicyclic) bond motifs is 1. The SMILES string of the molecule is CC(CCn1ccc(-c2ccc3ncccc3c2)cc1=O)(C(=O)NO)S(C)(=O)=O. The van der Waals surface area contributed by atoms with Gasteiger partial charge in [-0.25, -0.2) is 13.9 Å². The first-order valence-corrected chi connectivity index (χ1v) is 10.7. The lowest BCUT2D eigenvalue weighted by molar-refractivity contribution is -0.131. The van der Waals surface area contributed by atoms with E-state index in [1.165, 1.54) is 23.0 Å². The molecule has 0 spiro atoms. The van der Waals surface area contributed by atoms with Crippen molar-refractivity contribution in [1.29, 1.82) is 0 Å². The van der Waals surface area contributed by atoms with Gasteiger partial charge in [-0.2, -0.15) is 0 Å². The van der Waals surface area contributed by atoms with Gasteiger partial charge in [0.1, 0.15) is 0 Å². The van der Waals surface area contributed by atoms with E-state index in [1.807, 2.05) is 30.3 Å². The Morgan fingerprint density at radius 2 is 1.93 bits per heavy atom. The van der Waals surface area contributed by atoms with Crippen LogP contribution in [0.15, 0.2) is 59.7 Å². The molecule has 29 heavy (non-hydrogen) atoms. The van der Waals surface area contributed by atoms with E-state index in [1.54, 1.807) is 18.5 Å². The van der Waals surface area contributed by atoms with E-state index in [0.29, 0.717) is 0 Å². The number of rotatable bonds is 6. The molecule has 0 fully saturated rings. The molecule has 0 bridgehead atoms. The van der Waals surface area contributed by atoms with Gasteiger partial charge in [-0.15, -0.1) is 0 Å². The van der Waals surface area contributed by atoms with Crippen molar-refractivity contribution in [1.82, 2.24) is 15.0 Å². The average Bonchev–Trinajstić information content (AvgIpc) is 2.70. The van der Waals surface area contributed by atoms with Crippen molar-refractivity contribution in [2.24, 2.45) is 0 Å². The number of benzene rings is 1. The van der Waals surface area contributed by atoms with E-state index in [4.69, 9.17) is 5.21 Å². The van der Waals surface area contributed by atoms with Crippen LogP contribution >= 0.6 is 0 Å². The summed E-state index contributed by atoms with van der Waals surface area (Å²) in [5.74, 6) is -1.03. The maximum atomic E-state index is 12.5. The van der Waals surface area contributed by atoms with Crippen LogP contribution in [-0.2, 0) is 21.2 Å². The molecule has 8 nitrogen and oxygen atoms in total. The molecule has 0 aliphatic carbocycles. The summed E-state index contributed by atoms with van der Waals surface area (Å²) in [6, 6.07) is 12.7. The maximum absolute atomic E-state index is 12.5. The summed E-state index contributed by atoms with van der Waals surface area (Å²) in [5, 5.41) is 9.84. The predicted molar refractivity (Wildman–Crippen MR) is 109 cm³/mol. The topological polar surface area (TPSA) is 118 Å². The lowest BCUT2D eigenvalue weighted by atomic mass is 10.0. The molecule has 0 saturated heterocycles. The molecule has 1 amide bonds. The summed E-state index contributed by atoms with van der Waals surface area (Å²) in [4.78, 5) is 28.7. The summed E-state index contributed by atoms with van der Waals surface area (Å²) in [5.41, 5.74) is 3.50. The zero-order valence-corrected chi connectivity index (χ0v) is 16.8. The van der Waals surface area contributed by atoms with E-state index in [-0.39, 0.29) is 18.5 Å². The van der Waals surface area contributed by atoms with Crippen molar-refractivity contribution in [3.05, 3.63) is 65.2 Å². The van der Waals surface area contributed by atoms with Gasteiger partial charge >= 0.3 is 0 Å². The molecular formula is C20H21N3O5S. The number of nitrogens with zero attached hydrogens (tertiary/aromatic N) is 2. The highest BCUT2D eigenvalue weighted by atomic mass is 32.2. The normalized spacial score (nSPS) is 13.8. The second kappa shape index (κ2) is 7.76. The highest BCUT2D eigenvalue weighted by Gasteiger charge is 2.43. The van der Waals surface area contributed by atoms with E-state index in [2.05, 4.69) is 4.98 Å². The second-order valence-electron chi connectivity index (χ2n) is 7.05. The molecule has 9 heteroatoms. The number of hydrogen-bond acceptors (Lipinski definition) is 6. The fraction of sp³-hybridized carbons (Fsp3) is 0.250. The Hall–Kier alpha value is -3.04. The van der Waals surface area contributed by atoms with E-state index >= 15 is 0 Å². The molecule has 3 aromatic rings. The third-order valence-electron chi connectivity index (χ3n) is 5.16. The first kappa shape index (κ1) is 20.7. The molecule has 0 saturated carbocycles. The molecule has 1 aromatic carbocycles. The standard InChI is InChI=1S/C20H21N3O5S/c1-20(19(25)22-26,29(2,27)28)8-11-23-10-7-15(13-18(23)24)14-5-6-17-16(12-14)4-3-9-21-17/h3-7,9-10,12-13,26H,8,11H2,1-2H3,(H,22,25). The summed E-state index contributed by atoms with van der Waals surface area (Å²) in [6.07, 6.45) is 4.02. The van der Waals surface area contributed by atoms with Crippen LogP contribution in [0.4, 0.5) is 0 Å². The quantitative estimate of drug-likeness (QED) is 0.468. The Morgan fingerprint density at radius 1 is 1.21 bits per heavy atom. The van der Waals surface area contributed by atoms with Gasteiger partial charge in [0.2, 0.25) is 0 Å². The molecule has 1 atom stereocenters. The Morgan fingerprint density at radius 3 is 2.59 bits per heavy atom. The molecule has 0 radical (unpaired) electrons. The van der Waals surface area contributed by atoms with Gasteiger partial charge < -0.3 is 4.57 Å². The molecule has 2 heterocycles. The molecule has 3 rings (SSSR count). The van der Waals surface area contributed by atoms with Gasteiger partial charge in [-0.05, 0) is 48.7 Å². The molecule has 2 N–H and O–H groups in total. The predicted octanol–water partition coefficient (Wildman–Crippen LogP) is 1.76. The number of nitrogens with one attached hydrogen (secondary N) is 1. The minimum atomic E-state index is -3.82. The monoisotopic (exact) mass is 415 g/mol. The van der Waals surface area contributed by atoms with Crippen molar-refractivity contribution in [3.63, 3.8) is 0 Å². The van der Waals surface area contributed by atoms with Gasteiger partial charge in [0.15, 0.2) is 14.6 Å². The lowest BCUT2D eigenvalue weighted by Crippen LogP contribution is -2.49. The maximum Gasteiger partial charge on any atom is 0.264 e.